The summed E-state index contributed by atoms with van der Waals surface area (Å²) in [6.07, 6.45) is 0. The molecule has 0 aliphatic carbocycles. The predicted molar refractivity (Wildman–Crippen MR) is 251 cm³/mol. The molecule has 4 aromatic carbocycles. The number of carboxylic acids is 2. The molecule has 4 saturated heterocycles. The van der Waals surface area contributed by atoms with Crippen LogP contribution in [0.1, 0.15) is 38.8 Å². The topological polar surface area (TPSA) is 216 Å². The van der Waals surface area contributed by atoms with Crippen molar-refractivity contribution in [2.45, 2.75) is 85.2 Å². The summed E-state index contributed by atoms with van der Waals surface area (Å²) in [4.78, 5) is 74.0. The molecule has 0 radical (unpaired) electrons. The number of ether oxygens (including phenoxy) is 2. The van der Waals surface area contributed by atoms with Crippen molar-refractivity contribution in [2.24, 2.45) is 0 Å². The standard InChI is InChI=1S/2C16H18N2O5S.C16H20N2/c2*1-16(2)12(15(21)22)18-13(20)11(14(18)24-16)17-10(19)8-23-9-6-4-3-5-7-9;1-3-7-15(8-4-1)13-17-11-12-18-14-16-9-5-2-6-10-16/h2*3-7,11-12,14H,8H2,1-2H3,(H,17,19)(H,21,22);1-10,17-18H,11-14H2/t2*11-,12?,14-;/m11./s1. The van der Waals surface area contributed by atoms with Crippen molar-refractivity contribution >= 4 is 59.1 Å². The summed E-state index contributed by atoms with van der Waals surface area (Å²) in [5.41, 5.74) is 2.67. The molecule has 16 nitrogen and oxygen atoms in total. The normalized spacial score (nSPS) is 22.6. The van der Waals surface area contributed by atoms with Gasteiger partial charge in [0.15, 0.2) is 13.2 Å². The van der Waals surface area contributed by atoms with Crippen molar-refractivity contribution in [2.75, 3.05) is 26.3 Å². The predicted octanol–water partition coefficient (Wildman–Crippen LogP) is 3.96. The summed E-state index contributed by atoms with van der Waals surface area (Å²) in [6.45, 7) is 10.6. The van der Waals surface area contributed by atoms with E-state index in [1.165, 1.54) is 44.5 Å². The van der Waals surface area contributed by atoms with E-state index < -0.39 is 57.4 Å². The molecule has 4 amide bonds. The number of nitrogens with zero attached hydrogens (tertiary/aromatic N) is 2. The Morgan fingerprint density at radius 2 is 0.864 bits per heavy atom. The molecule has 8 rings (SSSR count). The number of β-lactam (4-membered cyclic amide) rings is 2. The van der Waals surface area contributed by atoms with E-state index in [0.717, 1.165) is 26.2 Å². The number of carbonyl (C=O) groups excluding carboxylic acids is 4. The zero-order chi connectivity index (χ0) is 47.4. The number of carboxylic acid groups (broad SMARTS) is 2. The van der Waals surface area contributed by atoms with E-state index in [1.807, 2.05) is 24.3 Å². The number of amides is 4. The molecule has 6 N–H and O–H groups in total. The number of para-hydroxylation sites is 2. The number of nitrogens with one attached hydrogen (secondary N) is 4. The van der Waals surface area contributed by atoms with Gasteiger partial charge >= 0.3 is 11.9 Å². The fourth-order valence-corrected chi connectivity index (χ4v) is 11.1. The van der Waals surface area contributed by atoms with Gasteiger partial charge in [-0.2, -0.15) is 0 Å². The number of aliphatic carboxylic acids is 2. The van der Waals surface area contributed by atoms with Gasteiger partial charge in [0.2, 0.25) is 11.8 Å². The van der Waals surface area contributed by atoms with E-state index in [4.69, 9.17) is 9.47 Å². The highest BCUT2D eigenvalue weighted by atomic mass is 32.2. The van der Waals surface area contributed by atoms with E-state index in [0.29, 0.717) is 11.5 Å². The minimum Gasteiger partial charge on any atom is -0.484 e. The number of benzene rings is 4. The maximum Gasteiger partial charge on any atom is 0.327 e. The smallest absolute Gasteiger partial charge is 0.327 e. The molecular weight excluding hydrogens is 885 g/mol. The van der Waals surface area contributed by atoms with Gasteiger partial charge in [-0.3, -0.25) is 19.2 Å². The van der Waals surface area contributed by atoms with Gasteiger partial charge in [0.1, 0.15) is 46.4 Å². The van der Waals surface area contributed by atoms with Crippen LogP contribution in [0.3, 0.4) is 0 Å². The Labute approximate surface area is 392 Å². The highest BCUT2D eigenvalue weighted by Gasteiger charge is 2.65. The highest BCUT2D eigenvalue weighted by Crippen LogP contribution is 2.51. The summed E-state index contributed by atoms with van der Waals surface area (Å²) >= 11 is 2.78. The Kier molecular flexibility index (Phi) is 16.8. The first-order valence-corrected chi connectivity index (χ1v) is 23.2. The summed E-state index contributed by atoms with van der Waals surface area (Å²) < 4.78 is 9.48. The van der Waals surface area contributed by atoms with Crippen LogP contribution in [-0.4, -0.2) is 126 Å². The summed E-state index contributed by atoms with van der Waals surface area (Å²) in [6, 6.07) is 35.6. The zero-order valence-electron chi connectivity index (χ0n) is 37.1. The SMILES string of the molecule is CC1(C)S[C@@H]2[C@H](NC(=O)COc3ccccc3)C(=O)N2C1C(=O)O.CC1(C)S[C@@H]2[C@H](NC(=O)COc3ccccc3)C(=O)N2C1C(=O)O.c1ccc(CNCCNCc2ccccc2)cc1. The van der Waals surface area contributed by atoms with Gasteiger partial charge in [-0.15, -0.1) is 23.5 Å². The van der Waals surface area contributed by atoms with Gasteiger partial charge in [0.05, 0.1) is 0 Å². The van der Waals surface area contributed by atoms with E-state index in [1.54, 1.807) is 76.2 Å². The van der Waals surface area contributed by atoms with Crippen LogP contribution >= 0.6 is 23.5 Å². The second-order valence-corrected chi connectivity index (χ2v) is 20.4. The number of hydrogen-bond donors (Lipinski definition) is 6. The molecule has 4 heterocycles. The van der Waals surface area contributed by atoms with E-state index in [-0.39, 0.29) is 35.8 Å². The molecule has 4 aliphatic heterocycles. The van der Waals surface area contributed by atoms with Crippen LogP contribution in [0, 0.1) is 0 Å². The number of hydrogen-bond acceptors (Lipinski definition) is 12. The lowest BCUT2D eigenvalue weighted by Gasteiger charge is -2.43. The minimum atomic E-state index is -1.03. The second kappa shape index (κ2) is 22.4. The molecule has 66 heavy (non-hydrogen) atoms. The van der Waals surface area contributed by atoms with Crippen LogP contribution in [0.15, 0.2) is 121 Å². The van der Waals surface area contributed by atoms with Gasteiger partial charge in [-0.05, 0) is 63.1 Å². The first-order chi connectivity index (χ1) is 31.6. The second-order valence-electron chi connectivity index (χ2n) is 16.8. The average Bonchev–Trinajstić information content (AvgIpc) is 3.73. The Balaban J connectivity index is 0.000000166. The minimum absolute atomic E-state index is 0.197. The summed E-state index contributed by atoms with van der Waals surface area (Å²) in [5.74, 6) is -2.46. The van der Waals surface area contributed by atoms with Crippen molar-refractivity contribution in [1.82, 2.24) is 31.1 Å². The largest absolute Gasteiger partial charge is 0.484 e. The van der Waals surface area contributed by atoms with Crippen molar-refractivity contribution < 1.29 is 48.5 Å². The number of carbonyl (C=O) groups is 6. The highest BCUT2D eigenvalue weighted by molar-refractivity contribution is 8.02. The fraction of sp³-hybridized carbons (Fsp3) is 0.375. The molecule has 4 aliphatic rings. The Morgan fingerprint density at radius 3 is 1.18 bits per heavy atom. The maximum absolute atomic E-state index is 12.2. The van der Waals surface area contributed by atoms with Gasteiger partial charge in [0, 0.05) is 35.7 Å². The third kappa shape index (κ3) is 12.4. The molecule has 350 valence electrons. The van der Waals surface area contributed by atoms with Crippen molar-refractivity contribution in [3.8, 4) is 11.5 Å². The third-order valence-corrected chi connectivity index (χ3v) is 14.2. The molecule has 0 spiro atoms. The number of rotatable bonds is 17. The molecule has 0 aromatic heterocycles. The molecule has 2 unspecified atom stereocenters. The summed E-state index contributed by atoms with van der Waals surface area (Å²) in [7, 11) is 0. The molecule has 18 heteroatoms. The first kappa shape index (κ1) is 49.4. The first-order valence-electron chi connectivity index (χ1n) is 21.5. The molecule has 6 atom stereocenters. The van der Waals surface area contributed by atoms with Crippen LogP contribution in [0.4, 0.5) is 0 Å². The van der Waals surface area contributed by atoms with Crippen LogP contribution in [0.2, 0.25) is 0 Å². The molecule has 4 fully saturated rings. The molecule has 0 bridgehead atoms. The van der Waals surface area contributed by atoms with E-state index in [9.17, 15) is 39.0 Å². The molecule has 4 aromatic rings. The van der Waals surface area contributed by atoms with Crippen molar-refractivity contribution in [3.05, 3.63) is 132 Å². The zero-order valence-corrected chi connectivity index (χ0v) is 38.8. The van der Waals surface area contributed by atoms with E-state index >= 15 is 0 Å². The van der Waals surface area contributed by atoms with Gasteiger partial charge < -0.3 is 50.8 Å². The van der Waals surface area contributed by atoms with Crippen LogP contribution < -0.4 is 30.7 Å². The third-order valence-electron chi connectivity index (χ3n) is 11.0. The van der Waals surface area contributed by atoms with Gasteiger partial charge in [-0.1, -0.05) is 97.1 Å². The molecule has 0 saturated carbocycles. The van der Waals surface area contributed by atoms with E-state index in [2.05, 4.69) is 69.8 Å². The van der Waals surface area contributed by atoms with Crippen molar-refractivity contribution in [1.29, 1.82) is 0 Å². The lowest BCUT2D eigenvalue weighted by Crippen LogP contribution is -2.70. The number of fused-ring (bicyclic) bond motifs is 2. The lowest BCUT2D eigenvalue weighted by atomic mass is 9.96. The van der Waals surface area contributed by atoms with Gasteiger partial charge in [0.25, 0.3) is 11.8 Å². The quantitative estimate of drug-likeness (QED) is 0.0654. The Hall–Kier alpha value is -6.08. The van der Waals surface area contributed by atoms with Crippen LogP contribution in [-0.2, 0) is 41.9 Å². The average molecular weight is 941 g/mol. The monoisotopic (exact) mass is 940 g/mol. The van der Waals surface area contributed by atoms with Gasteiger partial charge in [-0.25, -0.2) is 9.59 Å². The summed E-state index contributed by atoms with van der Waals surface area (Å²) in [5, 5.41) is 30.1. The van der Waals surface area contributed by atoms with Crippen LogP contribution in [0.5, 0.6) is 11.5 Å². The Bertz CT molecular complexity index is 2130. The van der Waals surface area contributed by atoms with Crippen LogP contribution in [0.25, 0.3) is 0 Å². The Morgan fingerprint density at radius 1 is 0.545 bits per heavy atom. The lowest BCUT2D eigenvalue weighted by molar-refractivity contribution is -0.161. The number of thioether (sulfide) groups is 2. The van der Waals surface area contributed by atoms with Crippen molar-refractivity contribution in [3.63, 3.8) is 0 Å². The molecular formula is C48H56N6O10S2. The fourth-order valence-electron chi connectivity index (χ4n) is 7.89. The maximum atomic E-state index is 12.2.